The van der Waals surface area contributed by atoms with Gasteiger partial charge in [0.25, 0.3) is 0 Å². The highest BCUT2D eigenvalue weighted by atomic mass is 16.2. The lowest BCUT2D eigenvalue weighted by molar-refractivity contribution is -0.148. The van der Waals surface area contributed by atoms with Crippen LogP contribution >= 0.6 is 0 Å². The number of likely N-dealkylation sites (N-methyl/N-ethyl adjacent to an activating group) is 1. The minimum atomic E-state index is -0.731. The van der Waals surface area contributed by atoms with Crippen LogP contribution in [0.4, 0.5) is 0 Å². The molecular formula is C16H28N2O. The molecule has 4 aliphatic rings. The van der Waals surface area contributed by atoms with E-state index in [4.69, 9.17) is 5.73 Å². The molecule has 0 saturated heterocycles. The van der Waals surface area contributed by atoms with E-state index in [0.29, 0.717) is 6.04 Å². The predicted molar refractivity (Wildman–Crippen MR) is 76.5 cm³/mol. The number of hydrogen-bond donors (Lipinski definition) is 1. The van der Waals surface area contributed by atoms with Gasteiger partial charge >= 0.3 is 0 Å². The minimum Gasteiger partial charge on any atom is -0.338 e. The monoisotopic (exact) mass is 264 g/mol. The quantitative estimate of drug-likeness (QED) is 0.851. The van der Waals surface area contributed by atoms with Crippen molar-refractivity contribution in [2.75, 3.05) is 6.54 Å². The van der Waals surface area contributed by atoms with Gasteiger partial charge in [-0.2, -0.15) is 0 Å². The van der Waals surface area contributed by atoms with Gasteiger partial charge in [-0.15, -0.1) is 0 Å². The first-order chi connectivity index (χ1) is 8.90. The van der Waals surface area contributed by atoms with Crippen LogP contribution in [0.25, 0.3) is 0 Å². The van der Waals surface area contributed by atoms with Gasteiger partial charge in [-0.25, -0.2) is 0 Å². The first-order valence-electron chi connectivity index (χ1n) is 8.00. The van der Waals surface area contributed by atoms with Gasteiger partial charge in [0.1, 0.15) is 0 Å². The Hall–Kier alpha value is -0.570. The molecule has 3 nitrogen and oxygen atoms in total. The molecule has 0 aromatic rings. The summed E-state index contributed by atoms with van der Waals surface area (Å²) >= 11 is 0. The molecule has 108 valence electrons. The third kappa shape index (κ3) is 2.20. The van der Waals surface area contributed by atoms with E-state index in [0.717, 1.165) is 30.2 Å². The molecule has 0 spiro atoms. The lowest BCUT2D eigenvalue weighted by Gasteiger charge is -2.57. The minimum absolute atomic E-state index is 0.146. The Morgan fingerprint density at radius 3 is 1.95 bits per heavy atom. The fourth-order valence-electron chi connectivity index (χ4n) is 5.27. The lowest BCUT2D eigenvalue weighted by atomic mass is 9.53. The van der Waals surface area contributed by atoms with Crippen molar-refractivity contribution in [3.05, 3.63) is 0 Å². The van der Waals surface area contributed by atoms with Crippen LogP contribution in [0, 0.1) is 23.7 Å². The zero-order valence-corrected chi connectivity index (χ0v) is 12.6. The summed E-state index contributed by atoms with van der Waals surface area (Å²) in [6, 6.07) is 0.480. The Morgan fingerprint density at radius 1 is 1.11 bits per heavy atom. The number of nitrogens with zero attached hydrogens (tertiary/aromatic N) is 1. The molecule has 3 heteroatoms. The topological polar surface area (TPSA) is 46.3 Å². The van der Waals surface area contributed by atoms with E-state index in [9.17, 15) is 4.79 Å². The molecule has 0 unspecified atom stereocenters. The zero-order valence-electron chi connectivity index (χ0n) is 12.6. The van der Waals surface area contributed by atoms with Crippen molar-refractivity contribution in [2.45, 2.75) is 64.5 Å². The molecular weight excluding hydrogens is 236 g/mol. The Kier molecular flexibility index (Phi) is 3.16. The second kappa shape index (κ2) is 4.47. The molecule has 0 aliphatic heterocycles. The van der Waals surface area contributed by atoms with Crippen molar-refractivity contribution in [3.8, 4) is 0 Å². The zero-order chi connectivity index (χ0) is 13.8. The summed E-state index contributed by atoms with van der Waals surface area (Å²) in [5.74, 6) is 3.56. The maximum atomic E-state index is 12.6. The van der Waals surface area contributed by atoms with Crippen LogP contribution in [0.2, 0.25) is 0 Å². The largest absolute Gasteiger partial charge is 0.338 e. The molecule has 2 N–H and O–H groups in total. The van der Waals surface area contributed by atoms with Crippen LogP contribution in [0.15, 0.2) is 0 Å². The number of hydrogen-bond acceptors (Lipinski definition) is 2. The molecule has 4 fully saturated rings. The van der Waals surface area contributed by atoms with Crippen LogP contribution in [-0.4, -0.2) is 28.9 Å². The second-order valence-electron chi connectivity index (χ2n) is 7.73. The highest BCUT2D eigenvalue weighted by molar-refractivity contribution is 5.85. The molecule has 1 amide bonds. The molecule has 4 aliphatic carbocycles. The molecule has 0 radical (unpaired) electrons. The summed E-state index contributed by atoms with van der Waals surface area (Å²) in [4.78, 5) is 14.7. The van der Waals surface area contributed by atoms with Crippen molar-refractivity contribution in [2.24, 2.45) is 29.4 Å². The number of carbonyl (C=O) groups is 1. The predicted octanol–water partition coefficient (Wildman–Crippen LogP) is 2.40. The van der Waals surface area contributed by atoms with E-state index in [1.807, 2.05) is 13.8 Å². The Balaban J connectivity index is 1.82. The summed E-state index contributed by atoms with van der Waals surface area (Å²) in [6.07, 6.45) is 6.87. The van der Waals surface area contributed by atoms with E-state index in [1.165, 1.54) is 32.1 Å². The number of carbonyl (C=O) groups excluding carboxylic acids is 1. The van der Waals surface area contributed by atoms with Gasteiger partial charge < -0.3 is 10.6 Å². The molecule has 19 heavy (non-hydrogen) atoms. The molecule has 0 aromatic heterocycles. The molecule has 0 heterocycles. The lowest BCUT2D eigenvalue weighted by Crippen LogP contribution is -2.62. The SMILES string of the molecule is CCN(C(=O)C(C)(C)N)C1C2CC3CC(C2)CC1C3. The molecule has 0 atom stereocenters. The van der Waals surface area contributed by atoms with Gasteiger partial charge in [0.05, 0.1) is 5.54 Å². The Labute approximate surface area is 116 Å². The van der Waals surface area contributed by atoms with Crippen molar-refractivity contribution in [1.29, 1.82) is 0 Å². The van der Waals surface area contributed by atoms with E-state index >= 15 is 0 Å². The van der Waals surface area contributed by atoms with Gasteiger partial charge in [0.15, 0.2) is 0 Å². The van der Waals surface area contributed by atoms with Crippen molar-refractivity contribution < 1.29 is 4.79 Å². The second-order valence-corrected chi connectivity index (χ2v) is 7.73. The summed E-state index contributed by atoms with van der Waals surface area (Å²) in [5, 5.41) is 0. The molecule has 4 bridgehead atoms. The average molecular weight is 264 g/mol. The highest BCUT2D eigenvalue weighted by Crippen LogP contribution is 2.55. The highest BCUT2D eigenvalue weighted by Gasteiger charge is 2.51. The van der Waals surface area contributed by atoms with Gasteiger partial charge in [-0.1, -0.05) is 0 Å². The van der Waals surface area contributed by atoms with Crippen molar-refractivity contribution in [3.63, 3.8) is 0 Å². The maximum Gasteiger partial charge on any atom is 0.242 e. The molecule has 0 aromatic carbocycles. The third-order valence-corrected chi connectivity index (χ3v) is 5.69. The smallest absolute Gasteiger partial charge is 0.242 e. The van der Waals surface area contributed by atoms with Crippen LogP contribution in [0.1, 0.15) is 52.9 Å². The summed E-state index contributed by atoms with van der Waals surface area (Å²) in [7, 11) is 0. The first-order valence-corrected chi connectivity index (χ1v) is 8.00. The Morgan fingerprint density at radius 2 is 1.58 bits per heavy atom. The number of amides is 1. The van der Waals surface area contributed by atoms with Crippen LogP contribution in [0.3, 0.4) is 0 Å². The van der Waals surface area contributed by atoms with Crippen LogP contribution in [0.5, 0.6) is 0 Å². The Bertz CT molecular complexity index is 343. The van der Waals surface area contributed by atoms with Gasteiger partial charge in [0, 0.05) is 12.6 Å². The first kappa shape index (κ1) is 13.4. The van der Waals surface area contributed by atoms with Gasteiger partial charge in [-0.3, -0.25) is 4.79 Å². The standard InChI is InChI=1S/C16H28N2O/c1-4-18(15(19)16(2,3)17)14-12-6-10-5-11(8-12)9-13(14)7-10/h10-14H,4-9,17H2,1-3H3. The summed E-state index contributed by atoms with van der Waals surface area (Å²) in [6.45, 7) is 6.60. The summed E-state index contributed by atoms with van der Waals surface area (Å²) < 4.78 is 0. The molecule has 4 saturated carbocycles. The number of rotatable bonds is 3. The van der Waals surface area contributed by atoms with E-state index < -0.39 is 5.54 Å². The van der Waals surface area contributed by atoms with E-state index in [1.54, 1.807) is 0 Å². The van der Waals surface area contributed by atoms with E-state index in [-0.39, 0.29) is 5.91 Å². The fourth-order valence-corrected chi connectivity index (χ4v) is 5.27. The van der Waals surface area contributed by atoms with E-state index in [2.05, 4.69) is 11.8 Å². The summed E-state index contributed by atoms with van der Waals surface area (Å²) in [5.41, 5.74) is 5.33. The van der Waals surface area contributed by atoms with Gasteiger partial charge in [-0.05, 0) is 76.5 Å². The third-order valence-electron chi connectivity index (χ3n) is 5.69. The van der Waals surface area contributed by atoms with Crippen molar-refractivity contribution >= 4 is 5.91 Å². The molecule has 4 rings (SSSR count). The van der Waals surface area contributed by atoms with Crippen LogP contribution < -0.4 is 5.73 Å². The average Bonchev–Trinajstić information content (AvgIpc) is 2.31. The van der Waals surface area contributed by atoms with Crippen molar-refractivity contribution in [1.82, 2.24) is 4.90 Å². The van der Waals surface area contributed by atoms with Crippen LogP contribution in [-0.2, 0) is 4.79 Å². The number of nitrogens with two attached hydrogens (primary N) is 1. The normalized spacial score (nSPS) is 40.5. The maximum absolute atomic E-state index is 12.6. The fraction of sp³-hybridized carbons (Fsp3) is 0.938. The van der Waals surface area contributed by atoms with Gasteiger partial charge in [0.2, 0.25) is 5.91 Å².